The molecule has 0 radical (unpaired) electrons. The molecule has 0 saturated heterocycles. The van der Waals surface area contributed by atoms with E-state index in [4.69, 9.17) is 4.74 Å². The van der Waals surface area contributed by atoms with Crippen LogP contribution in [0.15, 0.2) is 54.6 Å². The Morgan fingerprint density at radius 3 is 2.64 bits per heavy atom. The summed E-state index contributed by atoms with van der Waals surface area (Å²) in [6.45, 7) is 4.44. The van der Waals surface area contributed by atoms with Gasteiger partial charge in [-0.05, 0) is 55.7 Å². The van der Waals surface area contributed by atoms with E-state index in [1.807, 2.05) is 49.4 Å². The fourth-order valence-electron chi connectivity index (χ4n) is 2.86. The lowest BCUT2D eigenvalue weighted by molar-refractivity contribution is 0.102. The summed E-state index contributed by atoms with van der Waals surface area (Å²) in [5, 5.41) is 6.14. The molecule has 1 heterocycles. The summed E-state index contributed by atoms with van der Waals surface area (Å²) in [5.74, 6) is 1.75. The first-order chi connectivity index (χ1) is 13.5. The van der Waals surface area contributed by atoms with Gasteiger partial charge in [-0.2, -0.15) is 0 Å². The number of nitrogens with one attached hydrogen (secondary N) is 2. The number of ether oxygens (including phenoxy) is 1. The van der Waals surface area contributed by atoms with Gasteiger partial charge in [0.25, 0.3) is 5.91 Å². The number of nitrogens with zero attached hydrogens (tertiary/aromatic N) is 2. The molecule has 3 rings (SSSR count). The second kappa shape index (κ2) is 8.99. The van der Waals surface area contributed by atoms with Crippen LogP contribution in [0, 0.1) is 13.8 Å². The molecule has 0 aliphatic rings. The lowest BCUT2D eigenvalue weighted by atomic mass is 10.1. The minimum Gasteiger partial charge on any atom is -0.497 e. The fraction of sp³-hybridized carbons (Fsp3) is 0.227. The van der Waals surface area contributed by atoms with Crippen molar-refractivity contribution >= 4 is 17.4 Å². The average molecular weight is 376 g/mol. The number of aromatic nitrogens is 2. The Morgan fingerprint density at radius 2 is 1.86 bits per heavy atom. The molecule has 0 aliphatic carbocycles. The van der Waals surface area contributed by atoms with Gasteiger partial charge in [0.05, 0.1) is 7.11 Å². The van der Waals surface area contributed by atoms with Gasteiger partial charge in [-0.25, -0.2) is 9.97 Å². The van der Waals surface area contributed by atoms with Crippen LogP contribution >= 0.6 is 0 Å². The molecule has 1 aromatic heterocycles. The van der Waals surface area contributed by atoms with E-state index in [9.17, 15) is 4.79 Å². The number of carbonyl (C=O) groups is 1. The van der Waals surface area contributed by atoms with Gasteiger partial charge in [0.2, 0.25) is 0 Å². The third-order valence-electron chi connectivity index (χ3n) is 4.20. The lowest BCUT2D eigenvalue weighted by Crippen LogP contribution is -2.16. The molecule has 0 bridgehead atoms. The van der Waals surface area contributed by atoms with E-state index in [1.165, 1.54) is 0 Å². The maximum Gasteiger partial charge on any atom is 0.274 e. The van der Waals surface area contributed by atoms with Gasteiger partial charge in [-0.3, -0.25) is 4.79 Å². The van der Waals surface area contributed by atoms with Crippen LogP contribution in [0.1, 0.15) is 27.4 Å². The first-order valence-electron chi connectivity index (χ1n) is 9.14. The molecule has 0 fully saturated rings. The Kier molecular flexibility index (Phi) is 6.22. The Hall–Kier alpha value is -3.41. The second-order valence-electron chi connectivity index (χ2n) is 6.54. The zero-order chi connectivity index (χ0) is 19.9. The predicted molar refractivity (Wildman–Crippen MR) is 111 cm³/mol. The van der Waals surface area contributed by atoms with Crippen molar-refractivity contribution in [1.29, 1.82) is 0 Å². The number of hydrogen-bond acceptors (Lipinski definition) is 5. The molecule has 6 nitrogen and oxygen atoms in total. The van der Waals surface area contributed by atoms with Crippen molar-refractivity contribution in [1.82, 2.24) is 9.97 Å². The van der Waals surface area contributed by atoms with Crippen molar-refractivity contribution in [3.63, 3.8) is 0 Å². The largest absolute Gasteiger partial charge is 0.497 e. The van der Waals surface area contributed by atoms with Gasteiger partial charge in [0, 0.05) is 18.3 Å². The highest BCUT2D eigenvalue weighted by Crippen LogP contribution is 2.15. The number of carbonyl (C=O) groups excluding carboxylic acids is 1. The highest BCUT2D eigenvalue weighted by atomic mass is 16.5. The summed E-state index contributed by atoms with van der Waals surface area (Å²) < 4.78 is 5.25. The van der Waals surface area contributed by atoms with E-state index in [0.717, 1.165) is 29.0 Å². The topological polar surface area (TPSA) is 76.1 Å². The summed E-state index contributed by atoms with van der Waals surface area (Å²) in [6.07, 6.45) is 0.811. The second-order valence-corrected chi connectivity index (χ2v) is 6.54. The number of amides is 1. The molecule has 0 spiro atoms. The van der Waals surface area contributed by atoms with E-state index in [1.54, 1.807) is 20.1 Å². The Bertz CT molecular complexity index is 972. The molecule has 1 amide bonds. The lowest BCUT2D eigenvalue weighted by Gasteiger charge is -2.10. The van der Waals surface area contributed by atoms with Crippen molar-refractivity contribution < 1.29 is 9.53 Å². The molecule has 2 N–H and O–H groups in total. The van der Waals surface area contributed by atoms with E-state index in [0.29, 0.717) is 23.9 Å². The van der Waals surface area contributed by atoms with E-state index in [-0.39, 0.29) is 5.91 Å². The van der Waals surface area contributed by atoms with Crippen LogP contribution in [0.2, 0.25) is 0 Å². The number of anilines is 2. The third-order valence-corrected chi connectivity index (χ3v) is 4.20. The molecular formula is C22H24N4O2. The molecule has 0 saturated carbocycles. The van der Waals surface area contributed by atoms with Crippen LogP contribution in [0.25, 0.3) is 0 Å². The van der Waals surface area contributed by atoms with Crippen LogP contribution in [-0.4, -0.2) is 29.5 Å². The van der Waals surface area contributed by atoms with Gasteiger partial charge in [-0.1, -0.05) is 24.3 Å². The zero-order valence-electron chi connectivity index (χ0n) is 16.3. The summed E-state index contributed by atoms with van der Waals surface area (Å²) >= 11 is 0. The van der Waals surface area contributed by atoms with Crippen LogP contribution in [0.5, 0.6) is 5.75 Å². The van der Waals surface area contributed by atoms with Crippen molar-refractivity contribution in [3.8, 4) is 5.75 Å². The number of hydrogen-bond donors (Lipinski definition) is 2. The number of methoxy groups -OCH3 is 1. The monoisotopic (exact) mass is 376 g/mol. The third kappa shape index (κ3) is 5.30. The fourth-order valence-corrected chi connectivity index (χ4v) is 2.86. The number of benzene rings is 2. The first-order valence-corrected chi connectivity index (χ1v) is 9.14. The summed E-state index contributed by atoms with van der Waals surface area (Å²) in [4.78, 5) is 21.2. The van der Waals surface area contributed by atoms with Crippen molar-refractivity contribution in [2.24, 2.45) is 0 Å². The van der Waals surface area contributed by atoms with Crippen molar-refractivity contribution in [3.05, 3.63) is 77.2 Å². The molecule has 6 heteroatoms. The molecule has 28 heavy (non-hydrogen) atoms. The maximum absolute atomic E-state index is 12.6. The summed E-state index contributed by atoms with van der Waals surface area (Å²) in [5.41, 5.74) is 3.32. The molecule has 0 unspecified atom stereocenters. The van der Waals surface area contributed by atoms with E-state index >= 15 is 0 Å². The predicted octanol–water partition coefficient (Wildman–Crippen LogP) is 4.01. The van der Waals surface area contributed by atoms with Crippen molar-refractivity contribution in [2.75, 3.05) is 24.3 Å². The quantitative estimate of drug-likeness (QED) is 0.652. The van der Waals surface area contributed by atoms with E-state index < -0.39 is 0 Å². The Labute approximate surface area is 165 Å². The summed E-state index contributed by atoms with van der Waals surface area (Å²) in [7, 11) is 1.66. The number of rotatable bonds is 7. The van der Waals surface area contributed by atoms with Gasteiger partial charge >= 0.3 is 0 Å². The first kappa shape index (κ1) is 19.4. The molecule has 144 valence electrons. The van der Waals surface area contributed by atoms with Gasteiger partial charge in [-0.15, -0.1) is 0 Å². The van der Waals surface area contributed by atoms with Crippen LogP contribution < -0.4 is 15.4 Å². The highest BCUT2D eigenvalue weighted by Gasteiger charge is 2.11. The molecule has 0 aliphatic heterocycles. The van der Waals surface area contributed by atoms with Crippen LogP contribution in [0.4, 0.5) is 11.5 Å². The normalized spacial score (nSPS) is 10.4. The van der Waals surface area contributed by atoms with Crippen LogP contribution in [-0.2, 0) is 6.42 Å². The molecular weight excluding hydrogens is 352 g/mol. The average Bonchev–Trinajstić information content (AvgIpc) is 2.68. The zero-order valence-corrected chi connectivity index (χ0v) is 16.3. The van der Waals surface area contributed by atoms with Gasteiger partial charge < -0.3 is 15.4 Å². The maximum atomic E-state index is 12.6. The smallest absolute Gasteiger partial charge is 0.274 e. The number of aryl methyl sites for hydroxylation is 2. The minimum absolute atomic E-state index is 0.257. The minimum atomic E-state index is -0.257. The Balaban J connectivity index is 1.64. The molecule has 0 atom stereocenters. The standard InChI is InChI=1S/C22H24N4O2/c1-15-6-4-8-18(12-15)26-22(27)20-14-21(25-16(2)24-20)23-11-10-17-7-5-9-19(13-17)28-3/h4-9,12-14H,10-11H2,1-3H3,(H,26,27)(H,23,24,25). The van der Waals surface area contributed by atoms with E-state index in [2.05, 4.69) is 26.7 Å². The summed E-state index contributed by atoms with van der Waals surface area (Å²) in [6, 6.07) is 17.3. The Morgan fingerprint density at radius 1 is 1.04 bits per heavy atom. The molecule has 2 aromatic carbocycles. The van der Waals surface area contributed by atoms with Gasteiger partial charge in [0.15, 0.2) is 0 Å². The highest BCUT2D eigenvalue weighted by molar-refractivity contribution is 6.03. The molecule has 3 aromatic rings. The SMILES string of the molecule is COc1cccc(CCNc2cc(C(=O)Nc3cccc(C)c3)nc(C)n2)c1. The van der Waals surface area contributed by atoms with Crippen LogP contribution in [0.3, 0.4) is 0 Å². The van der Waals surface area contributed by atoms with Crippen molar-refractivity contribution in [2.45, 2.75) is 20.3 Å². The van der Waals surface area contributed by atoms with Gasteiger partial charge in [0.1, 0.15) is 23.1 Å².